The van der Waals surface area contributed by atoms with Crippen molar-refractivity contribution in [2.75, 3.05) is 19.6 Å². The van der Waals surface area contributed by atoms with Crippen LogP contribution < -0.4 is 10.1 Å². The highest BCUT2D eigenvalue weighted by Gasteiger charge is 2.34. The summed E-state index contributed by atoms with van der Waals surface area (Å²) in [6, 6.07) is 8.44. The van der Waals surface area contributed by atoms with Crippen molar-refractivity contribution in [3.63, 3.8) is 0 Å². The summed E-state index contributed by atoms with van der Waals surface area (Å²) >= 11 is 0. The summed E-state index contributed by atoms with van der Waals surface area (Å²) < 4.78 is 33.4. The van der Waals surface area contributed by atoms with Gasteiger partial charge in [-0.1, -0.05) is 6.07 Å². The molecule has 1 N–H and O–H groups in total. The Morgan fingerprint density at radius 1 is 1.30 bits per heavy atom. The van der Waals surface area contributed by atoms with Crippen molar-refractivity contribution in [3.8, 4) is 5.75 Å². The van der Waals surface area contributed by atoms with Gasteiger partial charge >= 0.3 is 0 Å². The van der Waals surface area contributed by atoms with Gasteiger partial charge in [-0.15, -0.1) is 0 Å². The Hall–Kier alpha value is -2.45. The predicted molar refractivity (Wildman–Crippen MR) is 99.2 cm³/mol. The minimum Gasteiger partial charge on any atom is -0.487 e. The van der Waals surface area contributed by atoms with Gasteiger partial charge in [-0.3, -0.25) is 9.78 Å². The van der Waals surface area contributed by atoms with E-state index in [2.05, 4.69) is 10.3 Å². The zero-order valence-corrected chi connectivity index (χ0v) is 15.8. The number of rotatable bonds is 4. The smallest absolute Gasteiger partial charge is 0.251 e. The second-order valence-corrected chi connectivity index (χ2v) is 8.74. The molecule has 4 rings (SSSR count). The van der Waals surface area contributed by atoms with Crippen LogP contribution in [0, 0.1) is 6.92 Å². The van der Waals surface area contributed by atoms with Crippen LogP contribution in [0.2, 0.25) is 0 Å². The van der Waals surface area contributed by atoms with E-state index < -0.39 is 10.0 Å². The first-order valence-electron chi connectivity index (χ1n) is 8.95. The largest absolute Gasteiger partial charge is 0.487 e. The average Bonchev–Trinajstić information content (AvgIpc) is 3.13. The molecule has 2 aliphatic rings. The van der Waals surface area contributed by atoms with E-state index in [9.17, 15) is 13.2 Å². The van der Waals surface area contributed by atoms with Crippen LogP contribution in [0.5, 0.6) is 5.75 Å². The highest BCUT2D eigenvalue weighted by atomic mass is 32.2. The van der Waals surface area contributed by atoms with Gasteiger partial charge < -0.3 is 10.1 Å². The first-order chi connectivity index (χ1) is 12.9. The molecule has 142 valence electrons. The Kier molecular flexibility index (Phi) is 4.61. The van der Waals surface area contributed by atoms with Crippen LogP contribution in [-0.2, 0) is 16.4 Å². The summed E-state index contributed by atoms with van der Waals surface area (Å²) in [7, 11) is -3.67. The number of carbonyl (C=O) groups is 1. The van der Waals surface area contributed by atoms with Gasteiger partial charge in [-0.25, -0.2) is 8.42 Å². The molecule has 0 radical (unpaired) electrons. The lowest BCUT2D eigenvalue weighted by atomic mass is 10.0. The molecule has 1 amide bonds. The summed E-state index contributed by atoms with van der Waals surface area (Å²) in [5.74, 6) is 0.454. The van der Waals surface area contributed by atoms with Gasteiger partial charge in [0.15, 0.2) is 0 Å². The Morgan fingerprint density at radius 2 is 2.15 bits per heavy atom. The third-order valence-corrected chi connectivity index (χ3v) is 6.86. The quantitative estimate of drug-likeness (QED) is 0.859. The average molecular weight is 387 g/mol. The van der Waals surface area contributed by atoms with Crippen LogP contribution in [0.1, 0.15) is 28.0 Å². The van der Waals surface area contributed by atoms with Crippen molar-refractivity contribution in [2.45, 2.75) is 30.8 Å². The zero-order valence-electron chi connectivity index (χ0n) is 15.0. The maximum atomic E-state index is 13.0. The minimum absolute atomic E-state index is 0.150. The lowest BCUT2D eigenvalue weighted by molar-refractivity contribution is 0.0945. The number of ether oxygens (including phenoxy) is 1. The van der Waals surface area contributed by atoms with Crippen molar-refractivity contribution in [3.05, 3.63) is 53.3 Å². The van der Waals surface area contributed by atoms with E-state index in [0.29, 0.717) is 37.2 Å². The molecule has 0 bridgehead atoms. The highest BCUT2D eigenvalue weighted by molar-refractivity contribution is 7.89. The molecule has 1 atom stereocenters. The van der Waals surface area contributed by atoms with E-state index in [1.807, 2.05) is 13.0 Å². The van der Waals surface area contributed by atoms with Gasteiger partial charge in [-0.05, 0) is 49.6 Å². The number of carbonyl (C=O) groups excluding carboxylic acids is 1. The number of benzene rings is 1. The third-order valence-electron chi connectivity index (χ3n) is 5.00. The van der Waals surface area contributed by atoms with E-state index in [0.717, 1.165) is 11.3 Å². The van der Waals surface area contributed by atoms with Crippen molar-refractivity contribution in [2.24, 2.45) is 0 Å². The van der Waals surface area contributed by atoms with Crippen LogP contribution in [0.25, 0.3) is 0 Å². The Bertz CT molecular complexity index is 990. The fourth-order valence-corrected chi connectivity index (χ4v) is 5.00. The first kappa shape index (κ1) is 17.9. The van der Waals surface area contributed by atoms with Gasteiger partial charge in [0.1, 0.15) is 11.9 Å². The Balaban J connectivity index is 1.52. The maximum Gasteiger partial charge on any atom is 0.251 e. The number of hydrogen-bond donors (Lipinski definition) is 1. The van der Waals surface area contributed by atoms with Crippen LogP contribution in [0.15, 0.2) is 41.4 Å². The highest BCUT2D eigenvalue weighted by Crippen LogP contribution is 2.27. The van der Waals surface area contributed by atoms with Gasteiger partial charge in [0.05, 0.1) is 17.1 Å². The molecule has 0 saturated carbocycles. The summed E-state index contributed by atoms with van der Waals surface area (Å²) in [5.41, 5.74) is 2.10. The van der Waals surface area contributed by atoms with Crippen LogP contribution >= 0.6 is 0 Å². The van der Waals surface area contributed by atoms with Gasteiger partial charge in [0.25, 0.3) is 5.91 Å². The molecule has 0 spiro atoms. The molecule has 2 aliphatic heterocycles. The van der Waals surface area contributed by atoms with Crippen molar-refractivity contribution in [1.82, 2.24) is 14.6 Å². The molecule has 7 nitrogen and oxygen atoms in total. The molecule has 8 heteroatoms. The fraction of sp³-hybridized carbons (Fsp3) is 0.368. The number of aromatic nitrogens is 1. The topological polar surface area (TPSA) is 88.6 Å². The summed E-state index contributed by atoms with van der Waals surface area (Å²) in [4.78, 5) is 16.4. The molecule has 1 aromatic heterocycles. The first-order valence-corrected chi connectivity index (χ1v) is 10.4. The van der Waals surface area contributed by atoms with E-state index in [1.54, 1.807) is 24.4 Å². The van der Waals surface area contributed by atoms with Crippen LogP contribution in [-0.4, -0.2) is 49.4 Å². The standard InChI is InChI=1S/C19H21N3O4S/c1-13-18(3-2-8-20-13)26-15-7-10-22(12-15)27(24,25)16-5-4-14-6-9-21-19(23)17(14)11-16/h2-5,8,11,15H,6-7,9-10,12H2,1H3,(H,21,23)/t15-/m0/s1. The monoisotopic (exact) mass is 387 g/mol. The van der Waals surface area contributed by atoms with Gasteiger partial charge in [0, 0.05) is 24.8 Å². The number of fused-ring (bicyclic) bond motifs is 1. The lowest BCUT2D eigenvalue weighted by Crippen LogP contribution is -2.33. The number of nitrogens with zero attached hydrogens (tertiary/aromatic N) is 2. The summed E-state index contributed by atoms with van der Waals surface area (Å²) in [6.07, 6.45) is 2.80. The van der Waals surface area contributed by atoms with Crippen molar-refractivity contribution in [1.29, 1.82) is 0 Å². The molecule has 0 aliphatic carbocycles. The van der Waals surface area contributed by atoms with Crippen LogP contribution in [0.3, 0.4) is 0 Å². The van der Waals surface area contributed by atoms with Gasteiger partial charge in [-0.2, -0.15) is 4.31 Å². The van der Waals surface area contributed by atoms with E-state index in [4.69, 9.17) is 4.74 Å². The molecule has 1 aromatic carbocycles. The van der Waals surface area contributed by atoms with Crippen LogP contribution in [0.4, 0.5) is 0 Å². The van der Waals surface area contributed by atoms with E-state index >= 15 is 0 Å². The number of pyridine rings is 1. The number of sulfonamides is 1. The number of amides is 1. The molecule has 1 saturated heterocycles. The number of hydrogen-bond acceptors (Lipinski definition) is 5. The zero-order chi connectivity index (χ0) is 19.0. The number of aryl methyl sites for hydroxylation is 1. The molecule has 2 aromatic rings. The van der Waals surface area contributed by atoms with Crippen molar-refractivity contribution < 1.29 is 17.9 Å². The minimum atomic E-state index is -3.67. The molecular formula is C19H21N3O4S. The molecule has 27 heavy (non-hydrogen) atoms. The van der Waals surface area contributed by atoms with E-state index in [-0.39, 0.29) is 23.5 Å². The fourth-order valence-electron chi connectivity index (χ4n) is 3.49. The number of nitrogens with one attached hydrogen (secondary N) is 1. The molecular weight excluding hydrogens is 366 g/mol. The SMILES string of the molecule is Cc1ncccc1O[C@H]1CCN(S(=O)(=O)c2ccc3c(c2)C(=O)NCC3)C1. The maximum absolute atomic E-state index is 13.0. The second-order valence-electron chi connectivity index (χ2n) is 6.80. The Morgan fingerprint density at radius 3 is 2.96 bits per heavy atom. The Labute approximate surface area is 158 Å². The summed E-state index contributed by atoms with van der Waals surface area (Å²) in [6.45, 7) is 3.10. The third kappa shape index (κ3) is 3.42. The summed E-state index contributed by atoms with van der Waals surface area (Å²) in [5, 5.41) is 2.75. The molecule has 3 heterocycles. The second kappa shape index (κ2) is 6.94. The van der Waals surface area contributed by atoms with E-state index in [1.165, 1.54) is 10.4 Å². The molecule has 1 fully saturated rings. The normalized spacial score (nSPS) is 20.2. The van der Waals surface area contributed by atoms with Crippen molar-refractivity contribution >= 4 is 15.9 Å². The predicted octanol–water partition coefficient (Wildman–Crippen LogP) is 1.52. The molecule has 0 unspecified atom stereocenters. The van der Waals surface area contributed by atoms with Gasteiger partial charge in [0.2, 0.25) is 10.0 Å². The lowest BCUT2D eigenvalue weighted by Gasteiger charge is -2.20.